The maximum absolute atomic E-state index is 11.0. The molecule has 0 radical (unpaired) electrons. The minimum Gasteiger partial charge on any atom is -0.469 e. The summed E-state index contributed by atoms with van der Waals surface area (Å²) in [6, 6.07) is 7.99. The maximum atomic E-state index is 11.0. The van der Waals surface area contributed by atoms with Crippen molar-refractivity contribution >= 4 is 5.97 Å². The average Bonchev–Trinajstić information content (AvgIpc) is 2.36. The normalized spacial score (nSPS) is 13.3. The number of esters is 1. The smallest absolute Gasteiger partial charge is 0.308 e. The Morgan fingerprint density at radius 1 is 1.53 bits per heavy atom. The predicted octanol–water partition coefficient (Wildman–Crippen LogP) is 1.96. The maximum Gasteiger partial charge on any atom is 0.308 e. The largest absolute Gasteiger partial charge is 0.469 e. The zero-order chi connectivity index (χ0) is 12.7. The van der Waals surface area contributed by atoms with Crippen molar-refractivity contribution in [1.29, 1.82) is 0 Å². The van der Waals surface area contributed by atoms with Crippen LogP contribution in [0.3, 0.4) is 0 Å². The Hall–Kier alpha value is -2.04. The summed E-state index contributed by atoms with van der Waals surface area (Å²) in [5.74, 6) is -0.549. The molecule has 0 heterocycles. The molecule has 0 aliphatic rings. The Kier molecular flexibility index (Phi) is 5.00. The van der Waals surface area contributed by atoms with E-state index in [1.54, 1.807) is 24.3 Å². The quantitative estimate of drug-likeness (QED) is 0.365. The molecule has 0 aliphatic carbocycles. The van der Waals surface area contributed by atoms with Crippen LogP contribution >= 0.6 is 0 Å². The number of hydrogen-bond acceptors (Lipinski definition) is 4. The van der Waals surface area contributed by atoms with Crippen LogP contribution in [0.2, 0.25) is 0 Å². The number of aliphatic hydroxyl groups excluding tert-OH is 1. The first-order valence-electron chi connectivity index (χ1n) is 5.03. The Labute approximate surface area is 98.5 Å². The molecule has 1 aromatic carbocycles. The monoisotopic (exact) mass is 235 g/mol. The SMILES string of the molecule is COC(=O)C[C@@H](O)[C@@H](N=[N+]=[N-])c1ccccc1. The summed E-state index contributed by atoms with van der Waals surface area (Å²) in [7, 11) is 1.24. The van der Waals surface area contributed by atoms with Crippen LogP contribution < -0.4 is 0 Å². The van der Waals surface area contributed by atoms with Crippen LogP contribution in [0.5, 0.6) is 0 Å². The second-order valence-corrected chi connectivity index (χ2v) is 3.41. The first kappa shape index (κ1) is 13.0. The number of methoxy groups -OCH3 is 1. The van der Waals surface area contributed by atoms with E-state index in [2.05, 4.69) is 14.8 Å². The van der Waals surface area contributed by atoms with Crippen molar-refractivity contribution in [2.75, 3.05) is 7.11 Å². The van der Waals surface area contributed by atoms with E-state index >= 15 is 0 Å². The van der Waals surface area contributed by atoms with Crippen molar-refractivity contribution in [2.45, 2.75) is 18.6 Å². The summed E-state index contributed by atoms with van der Waals surface area (Å²) in [4.78, 5) is 13.7. The molecular formula is C11H13N3O3. The van der Waals surface area contributed by atoms with Gasteiger partial charge in [-0.15, -0.1) is 0 Å². The van der Waals surface area contributed by atoms with E-state index in [0.717, 1.165) is 0 Å². The molecule has 6 nitrogen and oxygen atoms in total. The third kappa shape index (κ3) is 3.79. The fourth-order valence-corrected chi connectivity index (χ4v) is 1.44. The van der Waals surface area contributed by atoms with Gasteiger partial charge in [-0.05, 0) is 11.1 Å². The minimum atomic E-state index is -1.10. The van der Waals surface area contributed by atoms with Crippen LogP contribution in [0.1, 0.15) is 18.0 Å². The molecule has 0 bridgehead atoms. The van der Waals surface area contributed by atoms with Gasteiger partial charge in [0.25, 0.3) is 0 Å². The Bertz CT molecular complexity index is 415. The van der Waals surface area contributed by atoms with Gasteiger partial charge in [-0.25, -0.2) is 0 Å². The molecular weight excluding hydrogens is 222 g/mol. The number of hydrogen-bond donors (Lipinski definition) is 1. The van der Waals surface area contributed by atoms with Gasteiger partial charge < -0.3 is 9.84 Å². The Balaban J connectivity index is 2.86. The molecule has 0 amide bonds. The van der Waals surface area contributed by atoms with Gasteiger partial charge in [-0.1, -0.05) is 35.4 Å². The number of rotatable bonds is 5. The molecule has 0 aliphatic heterocycles. The van der Waals surface area contributed by atoms with Crippen molar-refractivity contribution in [1.82, 2.24) is 0 Å². The number of benzene rings is 1. The van der Waals surface area contributed by atoms with E-state index in [0.29, 0.717) is 5.56 Å². The van der Waals surface area contributed by atoms with E-state index in [1.165, 1.54) is 7.11 Å². The minimum absolute atomic E-state index is 0.213. The molecule has 6 heteroatoms. The van der Waals surface area contributed by atoms with Crippen LogP contribution in [-0.4, -0.2) is 24.3 Å². The lowest BCUT2D eigenvalue weighted by atomic mass is 10.0. The molecule has 1 rings (SSSR count). The van der Waals surface area contributed by atoms with Crippen LogP contribution in [-0.2, 0) is 9.53 Å². The number of nitrogens with zero attached hydrogens (tertiary/aromatic N) is 3. The molecule has 0 fully saturated rings. The molecule has 17 heavy (non-hydrogen) atoms. The molecule has 0 spiro atoms. The third-order valence-electron chi connectivity index (χ3n) is 2.29. The van der Waals surface area contributed by atoms with Gasteiger partial charge in [-0.3, -0.25) is 4.79 Å². The lowest BCUT2D eigenvalue weighted by molar-refractivity contribution is -0.143. The molecule has 0 saturated heterocycles. The van der Waals surface area contributed by atoms with Crippen molar-refractivity contribution in [3.05, 3.63) is 46.3 Å². The zero-order valence-electron chi connectivity index (χ0n) is 9.35. The molecule has 1 N–H and O–H groups in total. The number of carbonyl (C=O) groups is 1. The van der Waals surface area contributed by atoms with Gasteiger partial charge in [-0.2, -0.15) is 0 Å². The van der Waals surface area contributed by atoms with Crippen LogP contribution in [0.15, 0.2) is 35.4 Å². The number of carbonyl (C=O) groups excluding carboxylic acids is 1. The first-order valence-corrected chi connectivity index (χ1v) is 5.03. The molecule has 0 unspecified atom stereocenters. The second-order valence-electron chi connectivity index (χ2n) is 3.41. The van der Waals surface area contributed by atoms with E-state index in [4.69, 9.17) is 5.53 Å². The fourth-order valence-electron chi connectivity index (χ4n) is 1.44. The van der Waals surface area contributed by atoms with Crippen molar-refractivity contribution in [3.63, 3.8) is 0 Å². The van der Waals surface area contributed by atoms with E-state index in [9.17, 15) is 9.90 Å². The van der Waals surface area contributed by atoms with E-state index < -0.39 is 18.1 Å². The molecule has 0 aromatic heterocycles. The van der Waals surface area contributed by atoms with Gasteiger partial charge >= 0.3 is 5.97 Å². The van der Waals surface area contributed by atoms with Gasteiger partial charge in [0.1, 0.15) is 0 Å². The van der Waals surface area contributed by atoms with E-state index in [1.807, 2.05) is 6.07 Å². The average molecular weight is 235 g/mol. The highest BCUT2D eigenvalue weighted by molar-refractivity contribution is 5.69. The zero-order valence-corrected chi connectivity index (χ0v) is 9.35. The molecule has 1 aromatic rings. The molecule has 90 valence electrons. The highest BCUT2D eigenvalue weighted by Gasteiger charge is 2.22. The Morgan fingerprint density at radius 2 is 2.18 bits per heavy atom. The summed E-state index contributed by atoms with van der Waals surface area (Å²) in [6.45, 7) is 0. The highest BCUT2D eigenvalue weighted by Crippen LogP contribution is 2.23. The van der Waals surface area contributed by atoms with E-state index in [-0.39, 0.29) is 6.42 Å². The first-order chi connectivity index (χ1) is 8.19. The van der Waals surface area contributed by atoms with Crippen LogP contribution in [0.4, 0.5) is 0 Å². The van der Waals surface area contributed by atoms with Gasteiger partial charge in [0.2, 0.25) is 0 Å². The van der Waals surface area contributed by atoms with Crippen molar-refractivity contribution in [2.24, 2.45) is 5.11 Å². The van der Waals surface area contributed by atoms with Crippen LogP contribution in [0.25, 0.3) is 10.4 Å². The fraction of sp³-hybridized carbons (Fsp3) is 0.364. The summed E-state index contributed by atoms with van der Waals surface area (Å²) in [5, 5.41) is 13.3. The van der Waals surface area contributed by atoms with Gasteiger partial charge in [0.15, 0.2) is 0 Å². The lowest BCUT2D eigenvalue weighted by Gasteiger charge is -2.17. The lowest BCUT2D eigenvalue weighted by Crippen LogP contribution is -2.21. The summed E-state index contributed by atoms with van der Waals surface area (Å²) >= 11 is 0. The summed E-state index contributed by atoms with van der Waals surface area (Å²) in [5.41, 5.74) is 9.12. The highest BCUT2D eigenvalue weighted by atomic mass is 16.5. The molecule has 0 saturated carbocycles. The predicted molar refractivity (Wildman–Crippen MR) is 61.0 cm³/mol. The molecule has 2 atom stereocenters. The summed E-state index contributed by atoms with van der Waals surface area (Å²) < 4.78 is 4.45. The van der Waals surface area contributed by atoms with Crippen LogP contribution in [0, 0.1) is 0 Å². The standard InChI is InChI=1S/C11H13N3O3/c1-17-10(16)7-9(15)11(13-14-12)8-5-3-2-4-6-8/h2-6,9,11,15H,7H2,1H3/t9-,11+/m1/s1. The number of ether oxygens (including phenoxy) is 1. The topological polar surface area (TPSA) is 95.3 Å². The number of azide groups is 1. The van der Waals surface area contributed by atoms with Crippen molar-refractivity contribution in [3.8, 4) is 0 Å². The van der Waals surface area contributed by atoms with Crippen molar-refractivity contribution < 1.29 is 14.6 Å². The Morgan fingerprint density at radius 3 is 2.71 bits per heavy atom. The van der Waals surface area contributed by atoms with Gasteiger partial charge in [0.05, 0.1) is 25.7 Å². The second kappa shape index (κ2) is 6.52. The van der Waals surface area contributed by atoms with Gasteiger partial charge in [0, 0.05) is 4.91 Å². The summed E-state index contributed by atoms with van der Waals surface area (Å²) in [6.07, 6.45) is -1.31. The third-order valence-corrected chi connectivity index (χ3v) is 2.29. The number of aliphatic hydroxyl groups is 1.